The summed E-state index contributed by atoms with van der Waals surface area (Å²) in [4.78, 5) is 0. The summed E-state index contributed by atoms with van der Waals surface area (Å²) < 4.78 is 26.9. The van der Waals surface area contributed by atoms with Crippen LogP contribution in [0, 0.1) is 0 Å². The van der Waals surface area contributed by atoms with E-state index in [0.29, 0.717) is 26.4 Å². The zero-order valence-electron chi connectivity index (χ0n) is 14.5. The molecule has 8 heteroatoms. The van der Waals surface area contributed by atoms with Gasteiger partial charge in [-0.3, -0.25) is 0 Å². The van der Waals surface area contributed by atoms with Gasteiger partial charge in [-0.05, 0) is 47.6 Å². The van der Waals surface area contributed by atoms with Gasteiger partial charge in [-0.1, -0.05) is 0 Å². The second-order valence-corrected chi connectivity index (χ2v) is 7.76. The van der Waals surface area contributed by atoms with Gasteiger partial charge in [0, 0.05) is 39.1 Å². The van der Waals surface area contributed by atoms with Crippen molar-refractivity contribution in [3.05, 3.63) is 0 Å². The highest BCUT2D eigenvalue weighted by molar-refractivity contribution is 6.60. The summed E-state index contributed by atoms with van der Waals surface area (Å²) in [6.45, 7) is 14.0. The molecule has 0 amide bonds. The molecule has 0 saturated carbocycles. The third kappa shape index (κ3) is 14.9. The maximum Gasteiger partial charge on any atom is 0.500 e. The van der Waals surface area contributed by atoms with E-state index in [2.05, 4.69) is 0 Å². The summed E-state index contributed by atoms with van der Waals surface area (Å²) in [5.74, 6) is 0. The highest BCUT2D eigenvalue weighted by Gasteiger charge is 2.39. The monoisotopic (exact) mass is 341 g/mol. The van der Waals surface area contributed by atoms with Crippen molar-refractivity contribution in [2.24, 2.45) is 5.73 Å². The van der Waals surface area contributed by atoms with E-state index in [1.165, 1.54) is 0 Å². The van der Waals surface area contributed by atoms with E-state index in [1.807, 2.05) is 34.6 Å². The number of hydrogen-bond acceptors (Lipinski definition) is 6. The minimum absolute atomic E-state index is 0.589. The molecule has 0 aliphatic carbocycles. The smallest absolute Gasteiger partial charge is 0.399 e. The van der Waals surface area contributed by atoms with Crippen LogP contribution in [-0.2, 0) is 22.1 Å². The summed E-state index contributed by atoms with van der Waals surface area (Å²) in [5.41, 5.74) is 5.48. The largest absolute Gasteiger partial charge is 0.500 e. The topological polar surface area (TPSA) is 72.2 Å². The Morgan fingerprint density at radius 1 is 0.762 bits per heavy atom. The van der Waals surface area contributed by atoms with Crippen LogP contribution in [0.2, 0.25) is 6.04 Å². The van der Waals surface area contributed by atoms with E-state index in [9.17, 15) is 0 Å². The van der Waals surface area contributed by atoms with Gasteiger partial charge >= 0.3 is 18.8 Å². The van der Waals surface area contributed by atoms with Crippen LogP contribution >= 0.6 is 0 Å². The highest BCUT2D eigenvalue weighted by atomic mass is 28.4. The molecule has 0 rings (SSSR count). The van der Waals surface area contributed by atoms with E-state index < -0.39 is 18.8 Å². The minimum atomic E-state index is -2.40. The van der Waals surface area contributed by atoms with Crippen LogP contribution in [0.15, 0.2) is 0 Å². The summed E-state index contributed by atoms with van der Waals surface area (Å²) in [6.07, 6.45) is 0.895. The zero-order chi connectivity index (χ0) is 16.4. The standard InChI is InChI=1S/C9H23NO3Si.C4H12O2Si/c1-4-11-14(12-5-2,13-6-3)9-7-8-10;1-3-5-7-6-4-2/h4-10H2,1-3H3;3-4,7H2,1-2H3. The molecule has 0 bridgehead atoms. The van der Waals surface area contributed by atoms with Crippen molar-refractivity contribution in [2.45, 2.75) is 47.1 Å². The fourth-order valence-corrected chi connectivity index (χ4v) is 4.64. The van der Waals surface area contributed by atoms with E-state index in [4.69, 9.17) is 27.9 Å². The fraction of sp³-hybridized carbons (Fsp3) is 1.00. The molecule has 0 aromatic rings. The number of nitrogens with two attached hydrogens (primary N) is 1. The lowest BCUT2D eigenvalue weighted by atomic mass is 10.5. The molecule has 2 N–H and O–H groups in total. The maximum absolute atomic E-state index is 5.65. The molecule has 0 fully saturated rings. The van der Waals surface area contributed by atoms with Crippen LogP contribution in [0.1, 0.15) is 41.0 Å². The molecule has 130 valence electrons. The van der Waals surface area contributed by atoms with Gasteiger partial charge in [0.05, 0.1) is 0 Å². The van der Waals surface area contributed by atoms with Gasteiger partial charge in [-0.2, -0.15) is 0 Å². The lowest BCUT2D eigenvalue weighted by Crippen LogP contribution is -2.46. The van der Waals surface area contributed by atoms with E-state index in [1.54, 1.807) is 0 Å². The predicted octanol–water partition coefficient (Wildman–Crippen LogP) is 1.44. The average molecular weight is 342 g/mol. The molecule has 0 unspecified atom stereocenters. The molecule has 0 heterocycles. The molecule has 0 radical (unpaired) electrons. The zero-order valence-corrected chi connectivity index (χ0v) is 16.9. The van der Waals surface area contributed by atoms with Gasteiger partial charge in [-0.15, -0.1) is 0 Å². The summed E-state index contributed by atoms with van der Waals surface area (Å²) in [5, 5.41) is 0. The molecule has 0 saturated heterocycles. The van der Waals surface area contributed by atoms with Crippen molar-refractivity contribution in [3.8, 4) is 0 Å². The Kier molecular flexibility index (Phi) is 20.4. The van der Waals surface area contributed by atoms with Crippen LogP contribution in [0.3, 0.4) is 0 Å². The maximum atomic E-state index is 5.65. The van der Waals surface area contributed by atoms with Crippen molar-refractivity contribution < 1.29 is 22.1 Å². The van der Waals surface area contributed by atoms with Gasteiger partial charge in [-0.25, -0.2) is 0 Å². The van der Waals surface area contributed by atoms with Crippen LogP contribution in [0.5, 0.6) is 0 Å². The third-order valence-electron chi connectivity index (χ3n) is 2.35. The van der Waals surface area contributed by atoms with Gasteiger partial charge < -0.3 is 27.9 Å². The first-order chi connectivity index (χ1) is 10.2. The van der Waals surface area contributed by atoms with E-state index in [-0.39, 0.29) is 0 Å². The Morgan fingerprint density at radius 3 is 1.48 bits per heavy atom. The molecular weight excluding hydrogens is 306 g/mol. The van der Waals surface area contributed by atoms with Crippen molar-refractivity contribution in [2.75, 3.05) is 39.6 Å². The van der Waals surface area contributed by atoms with Gasteiger partial charge in [0.25, 0.3) is 0 Å². The Hall–Kier alpha value is 0.194. The summed E-state index contributed by atoms with van der Waals surface area (Å²) in [6, 6.07) is 0.818. The van der Waals surface area contributed by atoms with Crippen molar-refractivity contribution >= 4 is 18.8 Å². The predicted molar refractivity (Wildman–Crippen MR) is 90.9 cm³/mol. The van der Waals surface area contributed by atoms with Gasteiger partial charge in [0.1, 0.15) is 0 Å². The summed E-state index contributed by atoms with van der Waals surface area (Å²) in [7, 11) is -2.99. The van der Waals surface area contributed by atoms with Gasteiger partial charge in [0.15, 0.2) is 0 Å². The van der Waals surface area contributed by atoms with Crippen LogP contribution in [0.4, 0.5) is 0 Å². The first kappa shape index (κ1) is 23.5. The molecule has 0 atom stereocenters. The van der Waals surface area contributed by atoms with Crippen molar-refractivity contribution in [1.82, 2.24) is 0 Å². The van der Waals surface area contributed by atoms with E-state index >= 15 is 0 Å². The van der Waals surface area contributed by atoms with Crippen molar-refractivity contribution in [1.29, 1.82) is 0 Å². The van der Waals surface area contributed by atoms with E-state index in [0.717, 1.165) is 25.7 Å². The van der Waals surface area contributed by atoms with Crippen LogP contribution < -0.4 is 5.73 Å². The first-order valence-corrected chi connectivity index (χ1v) is 11.0. The second kappa shape index (κ2) is 18.2. The quantitative estimate of drug-likeness (QED) is 0.404. The molecule has 0 aromatic heterocycles. The Labute approximate surface area is 134 Å². The molecule has 21 heavy (non-hydrogen) atoms. The van der Waals surface area contributed by atoms with Crippen LogP contribution in [0.25, 0.3) is 0 Å². The minimum Gasteiger partial charge on any atom is -0.399 e. The lowest BCUT2D eigenvalue weighted by molar-refractivity contribution is 0.0710. The van der Waals surface area contributed by atoms with Gasteiger partial charge in [0.2, 0.25) is 0 Å². The lowest BCUT2D eigenvalue weighted by Gasteiger charge is -2.28. The van der Waals surface area contributed by atoms with Crippen molar-refractivity contribution in [3.63, 3.8) is 0 Å². The Bertz CT molecular complexity index is 180. The average Bonchev–Trinajstić information content (AvgIpc) is 2.47. The molecule has 6 nitrogen and oxygen atoms in total. The molecule has 0 spiro atoms. The molecular formula is C13H35NO5Si2. The SMILES string of the molecule is CCO[SiH2]OCC.CCO[Si](CCCN)(OCC)OCC. The summed E-state index contributed by atoms with van der Waals surface area (Å²) >= 11 is 0. The highest BCUT2D eigenvalue weighted by Crippen LogP contribution is 2.17. The normalized spacial score (nSPS) is 11.1. The third-order valence-corrected chi connectivity index (χ3v) is 6.66. The Morgan fingerprint density at radius 2 is 1.19 bits per heavy atom. The Balaban J connectivity index is 0. The first-order valence-electron chi connectivity index (χ1n) is 7.93. The van der Waals surface area contributed by atoms with Crippen LogP contribution in [-0.4, -0.2) is 58.4 Å². The fourth-order valence-electron chi connectivity index (χ4n) is 1.55. The number of hydrogen-bond donors (Lipinski definition) is 1. The number of rotatable bonds is 13. The molecule has 0 aliphatic rings. The molecule has 0 aromatic carbocycles. The second-order valence-electron chi connectivity index (χ2n) is 3.98. The molecule has 0 aliphatic heterocycles.